The summed E-state index contributed by atoms with van der Waals surface area (Å²) in [4.78, 5) is 15.4. The van der Waals surface area contributed by atoms with Crippen molar-refractivity contribution in [2.75, 3.05) is 0 Å². The van der Waals surface area contributed by atoms with Crippen molar-refractivity contribution >= 4 is 12.2 Å². The molecule has 2 atom stereocenters. The van der Waals surface area contributed by atoms with Crippen LogP contribution in [0.5, 0.6) is 0 Å². The van der Waals surface area contributed by atoms with Crippen LogP contribution in [0.1, 0.15) is 60.2 Å². The molecule has 4 rings (SSSR count). The number of nitrogens with one attached hydrogen (secondary N) is 1. The number of carbonyl (C=O) groups is 1. The van der Waals surface area contributed by atoms with Crippen LogP contribution in [0.3, 0.4) is 0 Å². The highest BCUT2D eigenvalue weighted by molar-refractivity contribution is 5.71. The number of ether oxygens (including phenoxy) is 1. The second-order valence-corrected chi connectivity index (χ2v) is 10.4. The van der Waals surface area contributed by atoms with Crippen LogP contribution in [0, 0.1) is 13.8 Å². The molecular weight excluding hydrogens is 432 g/mol. The van der Waals surface area contributed by atoms with Gasteiger partial charge in [0.15, 0.2) is 0 Å². The van der Waals surface area contributed by atoms with Gasteiger partial charge in [0.1, 0.15) is 5.60 Å². The largest absolute Gasteiger partial charge is 0.444 e. The molecule has 0 aliphatic heterocycles. The lowest BCUT2D eigenvalue weighted by Crippen LogP contribution is -2.47. The standard InChI is InChI=1S/C31H36N2O2/c1-22-18-26-16-17-28(29(27(26)19-23(22)2)32-30(34)35-31(3,4)5)33(20-24-12-8-6-9-13-24)21-25-14-10-7-11-15-25/h6-19,28-29H,20-21H2,1-5H3,(H,32,34)/t28-,29-/m0/s1. The third kappa shape index (κ3) is 6.40. The zero-order valence-electron chi connectivity index (χ0n) is 21.4. The highest BCUT2D eigenvalue weighted by Gasteiger charge is 2.34. The van der Waals surface area contributed by atoms with Crippen molar-refractivity contribution in [2.45, 2.75) is 65.4 Å². The van der Waals surface area contributed by atoms with Gasteiger partial charge in [-0.1, -0.05) is 84.9 Å². The fourth-order valence-electron chi connectivity index (χ4n) is 4.60. The number of hydrogen-bond donors (Lipinski definition) is 1. The Morgan fingerprint density at radius 2 is 1.43 bits per heavy atom. The average Bonchev–Trinajstić information content (AvgIpc) is 2.80. The zero-order chi connectivity index (χ0) is 25.0. The van der Waals surface area contributed by atoms with Gasteiger partial charge in [0.05, 0.1) is 12.1 Å². The Hall–Kier alpha value is -3.37. The summed E-state index contributed by atoms with van der Waals surface area (Å²) in [5.74, 6) is 0. The van der Waals surface area contributed by atoms with Gasteiger partial charge in [0.25, 0.3) is 0 Å². The molecule has 1 amide bonds. The van der Waals surface area contributed by atoms with Crippen molar-refractivity contribution in [3.8, 4) is 0 Å². The molecule has 3 aromatic rings. The van der Waals surface area contributed by atoms with E-state index >= 15 is 0 Å². The van der Waals surface area contributed by atoms with E-state index in [-0.39, 0.29) is 12.1 Å². The zero-order valence-corrected chi connectivity index (χ0v) is 21.4. The number of amides is 1. The number of nitrogens with zero attached hydrogens (tertiary/aromatic N) is 1. The number of benzene rings is 3. The summed E-state index contributed by atoms with van der Waals surface area (Å²) < 4.78 is 5.68. The lowest BCUT2D eigenvalue weighted by Gasteiger charge is -2.39. The van der Waals surface area contributed by atoms with Crippen molar-refractivity contribution in [3.63, 3.8) is 0 Å². The van der Waals surface area contributed by atoms with E-state index in [0.29, 0.717) is 0 Å². The maximum atomic E-state index is 13.0. The van der Waals surface area contributed by atoms with E-state index in [4.69, 9.17) is 4.74 Å². The molecule has 0 radical (unpaired) electrons. The van der Waals surface area contributed by atoms with Crippen LogP contribution < -0.4 is 5.32 Å². The normalized spacial score (nSPS) is 17.2. The van der Waals surface area contributed by atoms with E-state index in [9.17, 15) is 4.79 Å². The summed E-state index contributed by atoms with van der Waals surface area (Å²) in [6, 6.07) is 25.1. The SMILES string of the molecule is Cc1cc2c(cc1C)[C@H](NC(=O)OC(C)(C)C)[C@@H](N(Cc1ccccc1)Cc1ccccc1)C=C2. The number of aryl methyl sites for hydroxylation is 2. The summed E-state index contributed by atoms with van der Waals surface area (Å²) in [6.45, 7) is 11.5. The summed E-state index contributed by atoms with van der Waals surface area (Å²) in [6.07, 6.45) is 4.03. The molecule has 0 bridgehead atoms. The van der Waals surface area contributed by atoms with Gasteiger partial charge in [-0.25, -0.2) is 4.79 Å². The van der Waals surface area contributed by atoms with Crippen LogP contribution in [0.2, 0.25) is 0 Å². The Kier molecular flexibility index (Phi) is 7.42. The van der Waals surface area contributed by atoms with Crippen molar-refractivity contribution < 1.29 is 9.53 Å². The molecule has 35 heavy (non-hydrogen) atoms. The Balaban J connectivity index is 1.73. The fraction of sp³-hybridized carbons (Fsp3) is 0.323. The predicted octanol–water partition coefficient (Wildman–Crippen LogP) is 6.97. The topological polar surface area (TPSA) is 41.6 Å². The monoisotopic (exact) mass is 468 g/mol. The molecule has 4 nitrogen and oxygen atoms in total. The minimum Gasteiger partial charge on any atom is -0.444 e. The Labute approximate surface area is 209 Å². The van der Waals surface area contributed by atoms with Gasteiger partial charge in [-0.05, 0) is 68.0 Å². The molecule has 0 unspecified atom stereocenters. The predicted molar refractivity (Wildman–Crippen MR) is 143 cm³/mol. The van der Waals surface area contributed by atoms with Gasteiger partial charge >= 0.3 is 6.09 Å². The molecule has 1 N–H and O–H groups in total. The second kappa shape index (κ2) is 10.5. The Bertz CT molecular complexity index is 1140. The number of hydrogen-bond acceptors (Lipinski definition) is 3. The number of rotatable bonds is 6. The molecule has 182 valence electrons. The van der Waals surface area contributed by atoms with Gasteiger partial charge in [0.2, 0.25) is 0 Å². The van der Waals surface area contributed by atoms with Crippen LogP contribution >= 0.6 is 0 Å². The molecule has 3 aromatic carbocycles. The Morgan fingerprint density at radius 3 is 1.97 bits per heavy atom. The van der Waals surface area contributed by atoms with Crippen LogP contribution in [0.25, 0.3) is 6.08 Å². The van der Waals surface area contributed by atoms with E-state index in [1.807, 2.05) is 32.9 Å². The van der Waals surface area contributed by atoms with E-state index < -0.39 is 11.7 Å². The maximum Gasteiger partial charge on any atom is 0.408 e. The number of carbonyl (C=O) groups excluding carboxylic acids is 1. The smallest absolute Gasteiger partial charge is 0.408 e. The highest BCUT2D eigenvalue weighted by atomic mass is 16.6. The molecule has 1 aliphatic rings. The first kappa shape index (κ1) is 24.7. The fourth-order valence-corrected chi connectivity index (χ4v) is 4.60. The van der Waals surface area contributed by atoms with Gasteiger partial charge in [-0.2, -0.15) is 0 Å². The van der Waals surface area contributed by atoms with Gasteiger partial charge in [-0.15, -0.1) is 0 Å². The molecule has 4 heteroatoms. The molecule has 0 aromatic heterocycles. The first-order valence-electron chi connectivity index (χ1n) is 12.3. The van der Waals surface area contributed by atoms with E-state index in [0.717, 1.165) is 24.2 Å². The van der Waals surface area contributed by atoms with E-state index in [1.54, 1.807) is 0 Å². The summed E-state index contributed by atoms with van der Waals surface area (Å²) in [7, 11) is 0. The minimum absolute atomic E-state index is 0.0439. The van der Waals surface area contributed by atoms with Gasteiger partial charge < -0.3 is 10.1 Å². The first-order chi connectivity index (χ1) is 16.7. The lowest BCUT2D eigenvalue weighted by atomic mass is 9.85. The molecule has 1 aliphatic carbocycles. The molecule has 0 saturated heterocycles. The van der Waals surface area contributed by atoms with Crippen LogP contribution in [0.4, 0.5) is 4.79 Å². The molecule has 0 heterocycles. The minimum atomic E-state index is -0.566. The van der Waals surface area contributed by atoms with Crippen molar-refractivity contribution in [2.24, 2.45) is 0 Å². The molecule has 0 saturated carbocycles. The molecule has 0 spiro atoms. The van der Waals surface area contributed by atoms with Gasteiger partial charge in [-0.3, -0.25) is 4.90 Å². The highest BCUT2D eigenvalue weighted by Crippen LogP contribution is 2.34. The first-order valence-corrected chi connectivity index (χ1v) is 12.3. The van der Waals surface area contributed by atoms with Crippen molar-refractivity contribution in [1.29, 1.82) is 0 Å². The average molecular weight is 469 g/mol. The molecule has 0 fully saturated rings. The number of alkyl carbamates (subject to hydrolysis) is 1. The van der Waals surface area contributed by atoms with Crippen LogP contribution in [-0.2, 0) is 17.8 Å². The van der Waals surface area contributed by atoms with Crippen molar-refractivity contribution in [1.82, 2.24) is 10.2 Å². The van der Waals surface area contributed by atoms with Crippen LogP contribution in [-0.4, -0.2) is 22.6 Å². The quantitative estimate of drug-likeness (QED) is 0.425. The summed E-state index contributed by atoms with van der Waals surface area (Å²) in [5, 5.41) is 3.23. The third-order valence-corrected chi connectivity index (χ3v) is 6.40. The maximum absolute atomic E-state index is 13.0. The molecular formula is C31H36N2O2. The lowest BCUT2D eigenvalue weighted by molar-refractivity contribution is 0.0467. The third-order valence-electron chi connectivity index (χ3n) is 6.40. The Morgan fingerprint density at radius 1 is 0.886 bits per heavy atom. The summed E-state index contributed by atoms with van der Waals surface area (Å²) >= 11 is 0. The number of fused-ring (bicyclic) bond motifs is 1. The summed E-state index contributed by atoms with van der Waals surface area (Å²) in [5.41, 5.74) is 6.63. The second-order valence-electron chi connectivity index (χ2n) is 10.4. The van der Waals surface area contributed by atoms with Gasteiger partial charge in [0, 0.05) is 13.1 Å². The van der Waals surface area contributed by atoms with E-state index in [2.05, 4.69) is 96.9 Å². The van der Waals surface area contributed by atoms with E-state index in [1.165, 1.54) is 22.3 Å². The van der Waals surface area contributed by atoms with Crippen molar-refractivity contribution in [3.05, 3.63) is 112 Å². The van der Waals surface area contributed by atoms with Crippen LogP contribution in [0.15, 0.2) is 78.9 Å².